The fraction of sp³-hybridized carbons (Fsp3) is 0.571. The van der Waals surface area contributed by atoms with Gasteiger partial charge in [-0.15, -0.1) is 11.8 Å². The second-order valence-corrected chi connectivity index (χ2v) is 9.37. The van der Waals surface area contributed by atoms with E-state index in [0.717, 1.165) is 12.1 Å². The van der Waals surface area contributed by atoms with Gasteiger partial charge in [-0.05, 0) is 38.3 Å². The maximum absolute atomic E-state index is 13.4. The van der Waals surface area contributed by atoms with Crippen LogP contribution in [0.1, 0.15) is 34.1 Å². The molecule has 1 aromatic rings. The fourth-order valence-corrected chi connectivity index (χ4v) is 4.23. The molecule has 1 saturated heterocycles. The molecular weight excluding hydrogens is 428 g/mol. The van der Waals surface area contributed by atoms with Crippen molar-refractivity contribution in [1.29, 1.82) is 0 Å². The van der Waals surface area contributed by atoms with Crippen LogP contribution in [0.2, 0.25) is 0 Å². The van der Waals surface area contributed by atoms with Crippen LogP contribution in [-0.2, 0) is 14.4 Å². The highest BCUT2D eigenvalue weighted by atomic mass is 32.2. The van der Waals surface area contributed by atoms with E-state index in [1.54, 1.807) is 0 Å². The first-order chi connectivity index (χ1) is 14.5. The first kappa shape index (κ1) is 24.9. The molecule has 0 radical (unpaired) electrons. The second kappa shape index (κ2) is 10.8. The molecule has 3 N–H and O–H groups in total. The molecule has 0 spiro atoms. The van der Waals surface area contributed by atoms with Crippen molar-refractivity contribution >= 4 is 29.5 Å². The Balaban J connectivity index is 1.98. The monoisotopic (exact) mass is 457 g/mol. The molecule has 2 unspecified atom stereocenters. The van der Waals surface area contributed by atoms with Crippen molar-refractivity contribution in [2.24, 2.45) is 5.92 Å². The summed E-state index contributed by atoms with van der Waals surface area (Å²) < 4.78 is 31.9. The molecule has 10 heteroatoms. The van der Waals surface area contributed by atoms with Crippen LogP contribution < -0.4 is 20.7 Å². The van der Waals surface area contributed by atoms with E-state index in [9.17, 15) is 23.2 Å². The van der Waals surface area contributed by atoms with Crippen LogP contribution in [0.3, 0.4) is 0 Å². The van der Waals surface area contributed by atoms with Crippen molar-refractivity contribution in [2.75, 3.05) is 18.1 Å². The highest BCUT2D eigenvalue weighted by Crippen LogP contribution is 2.19. The predicted molar refractivity (Wildman–Crippen MR) is 115 cm³/mol. The molecule has 1 heterocycles. The van der Waals surface area contributed by atoms with E-state index in [1.165, 1.54) is 24.8 Å². The highest BCUT2D eigenvalue weighted by molar-refractivity contribution is 8.00. The van der Waals surface area contributed by atoms with Crippen molar-refractivity contribution in [1.82, 2.24) is 16.0 Å². The number of nitrogens with one attached hydrogen (secondary N) is 3. The van der Waals surface area contributed by atoms with Gasteiger partial charge in [-0.3, -0.25) is 14.4 Å². The third kappa shape index (κ3) is 7.68. The Kier molecular flexibility index (Phi) is 8.67. The van der Waals surface area contributed by atoms with Crippen LogP contribution >= 0.6 is 11.8 Å². The lowest BCUT2D eigenvalue weighted by Crippen LogP contribution is -2.59. The van der Waals surface area contributed by atoms with Crippen molar-refractivity contribution in [3.05, 3.63) is 29.8 Å². The van der Waals surface area contributed by atoms with Gasteiger partial charge in [-0.25, -0.2) is 8.78 Å². The molecule has 0 aliphatic carbocycles. The number of carbonyl (C=O) groups is 3. The molecular formula is C21H29F2N3O4S. The number of carbonyl (C=O) groups excluding carboxylic acids is 3. The number of rotatable bonds is 9. The summed E-state index contributed by atoms with van der Waals surface area (Å²) in [7, 11) is 0. The van der Waals surface area contributed by atoms with Crippen LogP contribution in [-0.4, -0.2) is 53.5 Å². The number of thioether (sulfide) groups is 1. The molecule has 172 valence electrons. The smallest absolute Gasteiger partial charge is 0.261 e. The molecule has 3 amide bonds. The van der Waals surface area contributed by atoms with Gasteiger partial charge < -0.3 is 20.7 Å². The summed E-state index contributed by atoms with van der Waals surface area (Å²) in [6.45, 7) is 7.45. The third-order valence-corrected chi connectivity index (χ3v) is 5.71. The quantitative estimate of drug-likeness (QED) is 0.527. The molecule has 1 aliphatic heterocycles. The van der Waals surface area contributed by atoms with Crippen molar-refractivity contribution in [3.63, 3.8) is 0 Å². The minimum Gasteiger partial charge on any atom is -0.481 e. The zero-order valence-corrected chi connectivity index (χ0v) is 18.9. The maximum Gasteiger partial charge on any atom is 0.261 e. The minimum atomic E-state index is -1.06. The van der Waals surface area contributed by atoms with Crippen LogP contribution in [0.25, 0.3) is 0 Å². The Morgan fingerprint density at radius 3 is 2.61 bits per heavy atom. The first-order valence-electron chi connectivity index (χ1n) is 10.1. The molecule has 1 aromatic carbocycles. The molecule has 1 fully saturated rings. The van der Waals surface area contributed by atoms with Gasteiger partial charge in [0.1, 0.15) is 11.8 Å². The van der Waals surface area contributed by atoms with Gasteiger partial charge in [0.2, 0.25) is 11.8 Å². The SMILES string of the molecule is CC(C)CC(C)(CNC(=O)[C@@H]1CSCC(=O)N1)NC(=O)C(C)Oc1ccc(F)c(F)c1. The Bertz CT molecular complexity index is 824. The number of halogens is 2. The zero-order valence-electron chi connectivity index (χ0n) is 18.1. The zero-order chi connectivity index (χ0) is 23.2. The summed E-state index contributed by atoms with van der Waals surface area (Å²) in [6.07, 6.45) is -0.399. The van der Waals surface area contributed by atoms with E-state index >= 15 is 0 Å². The van der Waals surface area contributed by atoms with Crippen LogP contribution in [0.4, 0.5) is 8.78 Å². The summed E-state index contributed by atoms with van der Waals surface area (Å²) in [5, 5.41) is 8.36. The summed E-state index contributed by atoms with van der Waals surface area (Å²) in [5.74, 6) is -1.94. The van der Waals surface area contributed by atoms with Crippen LogP contribution in [0.15, 0.2) is 18.2 Å². The molecule has 0 aromatic heterocycles. The van der Waals surface area contributed by atoms with Crippen molar-refractivity contribution in [2.45, 2.75) is 51.8 Å². The minimum absolute atomic E-state index is 0.0333. The topological polar surface area (TPSA) is 96.5 Å². The standard InChI is InChI=1S/C21H29F2N3O4S/c1-12(2)8-21(4,11-24-20(29)17-9-31-10-18(27)25-17)26-19(28)13(3)30-14-5-6-15(22)16(23)7-14/h5-7,12-13,17H,8-11H2,1-4H3,(H,24,29)(H,25,27)(H,26,28)/t13?,17-,21?/m0/s1. The van der Waals surface area contributed by atoms with Gasteiger partial charge >= 0.3 is 0 Å². The molecule has 2 rings (SSSR count). The number of amides is 3. The Labute approximate surface area is 185 Å². The normalized spacial score (nSPS) is 19.2. The van der Waals surface area contributed by atoms with E-state index in [2.05, 4.69) is 16.0 Å². The molecule has 31 heavy (non-hydrogen) atoms. The van der Waals surface area contributed by atoms with Crippen LogP contribution in [0.5, 0.6) is 5.75 Å². The first-order valence-corrected chi connectivity index (χ1v) is 11.2. The summed E-state index contributed by atoms with van der Waals surface area (Å²) in [6, 6.07) is 2.44. The van der Waals surface area contributed by atoms with Gasteiger partial charge in [-0.1, -0.05) is 13.8 Å². The Hall–Kier alpha value is -2.36. The Morgan fingerprint density at radius 1 is 1.29 bits per heavy atom. The van der Waals surface area contributed by atoms with Gasteiger partial charge in [0.15, 0.2) is 17.7 Å². The molecule has 3 atom stereocenters. The van der Waals surface area contributed by atoms with E-state index < -0.39 is 35.2 Å². The van der Waals surface area contributed by atoms with Crippen molar-refractivity contribution < 1.29 is 27.9 Å². The van der Waals surface area contributed by atoms with Gasteiger partial charge in [0.25, 0.3) is 5.91 Å². The summed E-state index contributed by atoms with van der Waals surface area (Å²) >= 11 is 1.39. The lowest BCUT2D eigenvalue weighted by molar-refractivity contribution is -0.130. The van der Waals surface area contributed by atoms with E-state index in [-0.39, 0.29) is 30.0 Å². The molecule has 1 aliphatic rings. The van der Waals surface area contributed by atoms with Gasteiger partial charge in [0.05, 0.1) is 11.3 Å². The van der Waals surface area contributed by atoms with Crippen molar-refractivity contribution in [3.8, 4) is 5.75 Å². The molecule has 0 saturated carbocycles. The second-order valence-electron chi connectivity index (χ2n) is 8.34. The number of hydrogen-bond acceptors (Lipinski definition) is 5. The van der Waals surface area contributed by atoms with Crippen LogP contribution in [0, 0.1) is 17.6 Å². The van der Waals surface area contributed by atoms with E-state index in [0.29, 0.717) is 17.9 Å². The number of ether oxygens (including phenoxy) is 1. The lowest BCUT2D eigenvalue weighted by atomic mass is 9.90. The van der Waals surface area contributed by atoms with E-state index in [1.807, 2.05) is 20.8 Å². The summed E-state index contributed by atoms with van der Waals surface area (Å²) in [4.78, 5) is 36.7. The van der Waals surface area contributed by atoms with E-state index in [4.69, 9.17) is 4.74 Å². The average Bonchev–Trinajstić information content (AvgIpc) is 2.68. The molecule has 0 bridgehead atoms. The predicted octanol–water partition coefficient (Wildman–Crippen LogP) is 2.00. The number of hydrogen-bond donors (Lipinski definition) is 3. The lowest BCUT2D eigenvalue weighted by Gasteiger charge is -2.34. The van der Waals surface area contributed by atoms with Gasteiger partial charge in [-0.2, -0.15) is 0 Å². The highest BCUT2D eigenvalue weighted by Gasteiger charge is 2.32. The fourth-order valence-electron chi connectivity index (χ4n) is 3.37. The largest absolute Gasteiger partial charge is 0.481 e. The molecule has 7 nitrogen and oxygen atoms in total. The third-order valence-electron chi connectivity index (χ3n) is 4.68. The average molecular weight is 458 g/mol. The summed E-state index contributed by atoms with van der Waals surface area (Å²) in [5.41, 5.74) is -0.779. The number of benzene rings is 1. The van der Waals surface area contributed by atoms with Gasteiger partial charge in [0, 0.05) is 18.4 Å². The maximum atomic E-state index is 13.4. The Morgan fingerprint density at radius 2 is 2.00 bits per heavy atom.